The number of amides is 2. The zero-order chi connectivity index (χ0) is 23.8. The van der Waals surface area contributed by atoms with E-state index in [1.54, 1.807) is 0 Å². The van der Waals surface area contributed by atoms with Crippen molar-refractivity contribution in [2.24, 2.45) is 22.2 Å². The molecule has 2 saturated carbocycles. The SMILES string of the molecule is O=C(NCC(=O)N1CCN(CC2=CC=CC3C=CC=NC23)CC1)C1CC12CCCC(F)(F)CC2. The number of fused-ring (bicyclic) bond motifs is 1. The topological polar surface area (TPSA) is 65.0 Å². The molecule has 4 atom stereocenters. The number of rotatable bonds is 5. The zero-order valence-electron chi connectivity index (χ0n) is 19.6. The molecule has 0 bridgehead atoms. The maximum absolute atomic E-state index is 13.7. The van der Waals surface area contributed by atoms with Gasteiger partial charge in [0.25, 0.3) is 0 Å². The molecule has 0 radical (unpaired) electrons. The van der Waals surface area contributed by atoms with Crippen LogP contribution in [-0.2, 0) is 9.59 Å². The third-order valence-corrected chi connectivity index (χ3v) is 8.31. The van der Waals surface area contributed by atoms with Gasteiger partial charge in [0.1, 0.15) is 0 Å². The van der Waals surface area contributed by atoms with Crippen LogP contribution >= 0.6 is 0 Å². The largest absolute Gasteiger partial charge is 0.347 e. The smallest absolute Gasteiger partial charge is 0.248 e. The highest BCUT2D eigenvalue weighted by Gasteiger charge is 2.59. The number of allylic oxidation sites excluding steroid dienone is 3. The van der Waals surface area contributed by atoms with E-state index in [0.717, 1.165) is 19.6 Å². The lowest BCUT2D eigenvalue weighted by atomic mass is 9.87. The highest BCUT2D eigenvalue weighted by Crippen LogP contribution is 2.61. The summed E-state index contributed by atoms with van der Waals surface area (Å²) in [7, 11) is 0. The van der Waals surface area contributed by atoms with E-state index in [9.17, 15) is 18.4 Å². The van der Waals surface area contributed by atoms with Gasteiger partial charge in [0.05, 0.1) is 12.6 Å². The van der Waals surface area contributed by atoms with Crippen molar-refractivity contribution in [3.8, 4) is 0 Å². The van der Waals surface area contributed by atoms with E-state index in [1.807, 2.05) is 17.2 Å². The molecule has 1 saturated heterocycles. The molecule has 1 spiro atoms. The van der Waals surface area contributed by atoms with Gasteiger partial charge < -0.3 is 10.2 Å². The first kappa shape index (κ1) is 23.4. The minimum atomic E-state index is -2.60. The van der Waals surface area contributed by atoms with Crippen LogP contribution < -0.4 is 5.32 Å². The molecule has 8 heteroatoms. The Kier molecular flexibility index (Phi) is 6.44. The Balaban J connectivity index is 1.04. The van der Waals surface area contributed by atoms with E-state index in [2.05, 4.69) is 39.5 Å². The Morgan fingerprint density at radius 3 is 2.68 bits per heavy atom. The van der Waals surface area contributed by atoms with Crippen molar-refractivity contribution in [2.45, 2.75) is 50.5 Å². The van der Waals surface area contributed by atoms with Crippen LogP contribution in [0.2, 0.25) is 0 Å². The van der Waals surface area contributed by atoms with E-state index in [0.29, 0.717) is 44.7 Å². The maximum atomic E-state index is 13.7. The standard InChI is InChI=1S/C26H34F2N4O2/c27-26(28)8-3-7-25(9-10-26)16-21(25)24(34)30-17-22(33)32-14-12-31(13-15-32)18-20-5-1-4-19-6-2-11-29-23(19)20/h1-2,4-6,11,19,21,23H,3,7-10,12-18H2,(H,30,34). The third kappa shape index (κ3) is 5.02. The third-order valence-electron chi connectivity index (χ3n) is 8.31. The lowest BCUT2D eigenvalue weighted by Crippen LogP contribution is -2.52. The quantitative estimate of drug-likeness (QED) is 0.669. The average Bonchev–Trinajstić information content (AvgIpc) is 3.59. The van der Waals surface area contributed by atoms with Crippen molar-refractivity contribution in [3.05, 3.63) is 36.0 Å². The molecule has 4 unspecified atom stereocenters. The van der Waals surface area contributed by atoms with Gasteiger partial charge in [-0.3, -0.25) is 19.5 Å². The van der Waals surface area contributed by atoms with Crippen molar-refractivity contribution in [2.75, 3.05) is 39.3 Å². The number of hydrogen-bond acceptors (Lipinski definition) is 4. The van der Waals surface area contributed by atoms with E-state index >= 15 is 0 Å². The number of carbonyl (C=O) groups is 2. The van der Waals surface area contributed by atoms with Crippen LogP contribution in [-0.4, -0.2) is 79.1 Å². The molecular weight excluding hydrogens is 438 g/mol. The van der Waals surface area contributed by atoms with Gasteiger partial charge in [-0.15, -0.1) is 0 Å². The molecule has 184 valence electrons. The second-order valence-electron chi connectivity index (χ2n) is 10.5. The molecule has 34 heavy (non-hydrogen) atoms. The zero-order valence-corrected chi connectivity index (χ0v) is 19.6. The van der Waals surface area contributed by atoms with E-state index < -0.39 is 5.92 Å². The molecule has 0 aromatic rings. The van der Waals surface area contributed by atoms with Gasteiger partial charge in [-0.1, -0.05) is 24.3 Å². The number of aliphatic imine (C=N–C) groups is 1. The van der Waals surface area contributed by atoms with Gasteiger partial charge in [-0.05, 0) is 42.7 Å². The van der Waals surface area contributed by atoms with E-state index in [-0.39, 0.29) is 48.6 Å². The van der Waals surface area contributed by atoms with E-state index in [1.165, 1.54) is 5.57 Å². The van der Waals surface area contributed by atoms with Crippen LogP contribution in [0.15, 0.2) is 40.9 Å². The second kappa shape index (κ2) is 9.36. The summed E-state index contributed by atoms with van der Waals surface area (Å²) in [5.41, 5.74) is 1.04. The van der Waals surface area contributed by atoms with Crippen molar-refractivity contribution in [1.29, 1.82) is 0 Å². The first-order valence-corrected chi connectivity index (χ1v) is 12.6. The lowest BCUT2D eigenvalue weighted by Gasteiger charge is -2.37. The molecule has 5 rings (SSSR count). The molecule has 0 aromatic carbocycles. The molecule has 1 N–H and O–H groups in total. The lowest BCUT2D eigenvalue weighted by molar-refractivity contribution is -0.134. The Labute approximate surface area is 199 Å². The summed E-state index contributed by atoms with van der Waals surface area (Å²) >= 11 is 0. The maximum Gasteiger partial charge on any atom is 0.248 e. The van der Waals surface area contributed by atoms with Crippen molar-refractivity contribution >= 4 is 18.0 Å². The van der Waals surface area contributed by atoms with Crippen LogP contribution in [0.25, 0.3) is 0 Å². The number of carbonyl (C=O) groups excluding carboxylic acids is 2. The van der Waals surface area contributed by atoms with Gasteiger partial charge >= 0.3 is 0 Å². The summed E-state index contributed by atoms with van der Waals surface area (Å²) in [5, 5.41) is 2.79. The Morgan fingerprint density at radius 2 is 1.85 bits per heavy atom. The molecule has 2 amide bonds. The highest BCUT2D eigenvalue weighted by molar-refractivity contribution is 5.88. The van der Waals surface area contributed by atoms with Crippen LogP contribution in [0.5, 0.6) is 0 Å². The second-order valence-corrected chi connectivity index (χ2v) is 10.5. The molecule has 2 aliphatic heterocycles. The fourth-order valence-electron chi connectivity index (χ4n) is 6.05. The van der Waals surface area contributed by atoms with Crippen LogP contribution in [0.1, 0.15) is 38.5 Å². The van der Waals surface area contributed by atoms with Crippen LogP contribution in [0.4, 0.5) is 8.78 Å². The fraction of sp³-hybridized carbons (Fsp3) is 0.654. The van der Waals surface area contributed by atoms with Gasteiger partial charge in [0.2, 0.25) is 17.7 Å². The summed E-state index contributed by atoms with van der Waals surface area (Å²) in [6.07, 6.45) is 14.5. The van der Waals surface area contributed by atoms with Gasteiger partial charge in [0, 0.05) is 63.6 Å². The number of alkyl halides is 2. The molecule has 3 fully saturated rings. The Bertz CT molecular complexity index is 935. The van der Waals surface area contributed by atoms with Crippen molar-refractivity contribution < 1.29 is 18.4 Å². The minimum Gasteiger partial charge on any atom is -0.347 e. The Morgan fingerprint density at radius 1 is 1.06 bits per heavy atom. The molecular formula is C26H34F2N4O2. The number of piperazine rings is 1. The minimum absolute atomic E-state index is 0.0116. The molecule has 3 aliphatic carbocycles. The summed E-state index contributed by atoms with van der Waals surface area (Å²) in [6, 6.07) is 0.176. The van der Waals surface area contributed by atoms with Crippen molar-refractivity contribution in [1.82, 2.24) is 15.1 Å². The molecule has 5 aliphatic rings. The first-order chi connectivity index (χ1) is 16.4. The number of hydrogen-bond donors (Lipinski definition) is 1. The fourth-order valence-corrected chi connectivity index (χ4v) is 6.05. The van der Waals surface area contributed by atoms with Gasteiger partial charge in [-0.2, -0.15) is 0 Å². The average molecular weight is 473 g/mol. The monoisotopic (exact) mass is 472 g/mol. The predicted molar refractivity (Wildman–Crippen MR) is 127 cm³/mol. The number of halogens is 2. The normalized spacial score (nSPS) is 34.4. The predicted octanol–water partition coefficient (Wildman–Crippen LogP) is 2.97. The van der Waals surface area contributed by atoms with Gasteiger partial charge in [0.15, 0.2) is 0 Å². The first-order valence-electron chi connectivity index (χ1n) is 12.6. The van der Waals surface area contributed by atoms with Gasteiger partial charge in [-0.25, -0.2) is 8.78 Å². The number of nitrogens with one attached hydrogen (secondary N) is 1. The highest BCUT2D eigenvalue weighted by atomic mass is 19.3. The summed E-state index contributed by atoms with van der Waals surface area (Å²) in [6.45, 7) is 3.69. The number of nitrogens with zero attached hydrogens (tertiary/aromatic N) is 3. The Hall–Kier alpha value is -2.35. The van der Waals surface area contributed by atoms with E-state index in [4.69, 9.17) is 0 Å². The summed E-state index contributed by atoms with van der Waals surface area (Å²) in [4.78, 5) is 34.1. The summed E-state index contributed by atoms with van der Waals surface area (Å²) < 4.78 is 27.4. The van der Waals surface area contributed by atoms with Crippen LogP contribution in [0.3, 0.4) is 0 Å². The molecule has 0 aromatic heterocycles. The van der Waals surface area contributed by atoms with Crippen molar-refractivity contribution in [3.63, 3.8) is 0 Å². The van der Waals surface area contributed by atoms with Crippen LogP contribution in [0, 0.1) is 17.3 Å². The summed E-state index contributed by atoms with van der Waals surface area (Å²) in [5.74, 6) is -2.71. The molecule has 2 heterocycles. The molecule has 6 nitrogen and oxygen atoms in total. The number of dihydropyridines is 1.